The summed E-state index contributed by atoms with van der Waals surface area (Å²) in [6.45, 7) is 5.81. The van der Waals surface area contributed by atoms with Crippen molar-refractivity contribution in [3.05, 3.63) is 27.3 Å². The first-order valence-corrected chi connectivity index (χ1v) is 9.40. The van der Waals surface area contributed by atoms with Gasteiger partial charge in [-0.2, -0.15) is 4.98 Å². The molecule has 1 amide bonds. The van der Waals surface area contributed by atoms with Gasteiger partial charge in [-0.3, -0.25) is 4.79 Å². The molecule has 2 aromatic heterocycles. The van der Waals surface area contributed by atoms with Crippen molar-refractivity contribution in [3.8, 4) is 0 Å². The van der Waals surface area contributed by atoms with Gasteiger partial charge in [0.25, 0.3) is 0 Å². The van der Waals surface area contributed by atoms with Crippen LogP contribution >= 0.6 is 11.3 Å². The number of hydrogen-bond acceptors (Lipinski definition) is 6. The highest BCUT2D eigenvalue weighted by molar-refractivity contribution is 7.11. The molecule has 3 rings (SSSR count). The predicted octanol–water partition coefficient (Wildman–Crippen LogP) is 3.61. The molecule has 0 saturated heterocycles. The van der Waals surface area contributed by atoms with E-state index in [1.54, 1.807) is 11.3 Å². The Morgan fingerprint density at radius 3 is 2.71 bits per heavy atom. The Bertz CT molecular complexity index is 703. The molecule has 1 aliphatic rings. The second-order valence-electron chi connectivity index (χ2n) is 6.53. The molecular weight excluding hydrogens is 324 g/mol. The topological polar surface area (TPSA) is 80.9 Å². The number of amides is 1. The summed E-state index contributed by atoms with van der Waals surface area (Å²) in [5.41, 5.74) is 0.843. The molecule has 1 fully saturated rings. The summed E-state index contributed by atoms with van der Waals surface area (Å²) in [4.78, 5) is 22.2. The van der Waals surface area contributed by atoms with Gasteiger partial charge in [0, 0.05) is 10.8 Å². The predicted molar refractivity (Wildman–Crippen MR) is 92.0 cm³/mol. The van der Waals surface area contributed by atoms with Crippen molar-refractivity contribution in [3.63, 3.8) is 0 Å². The van der Waals surface area contributed by atoms with Gasteiger partial charge in [-0.1, -0.05) is 24.4 Å². The number of carbonyl (C=O) groups is 1. The molecule has 2 aromatic rings. The number of nitrogens with zero attached hydrogens (tertiary/aromatic N) is 3. The molecule has 6 nitrogen and oxygen atoms in total. The molecule has 2 heterocycles. The highest BCUT2D eigenvalue weighted by Crippen LogP contribution is 2.31. The summed E-state index contributed by atoms with van der Waals surface area (Å²) in [5.74, 6) is 1.60. The number of thiazole rings is 1. The van der Waals surface area contributed by atoms with Crippen LogP contribution in [0.25, 0.3) is 0 Å². The molecular formula is C17H24N4O2S. The Morgan fingerprint density at radius 2 is 2.04 bits per heavy atom. The number of rotatable bonds is 5. The fourth-order valence-electron chi connectivity index (χ4n) is 3.19. The molecule has 0 aliphatic heterocycles. The summed E-state index contributed by atoms with van der Waals surface area (Å²) in [7, 11) is 0. The second kappa shape index (κ2) is 7.42. The molecule has 24 heavy (non-hydrogen) atoms. The minimum Gasteiger partial charge on any atom is -0.344 e. The van der Waals surface area contributed by atoms with E-state index in [0.717, 1.165) is 34.2 Å². The Morgan fingerprint density at radius 1 is 1.29 bits per heavy atom. The van der Waals surface area contributed by atoms with Crippen molar-refractivity contribution in [2.75, 3.05) is 0 Å². The van der Waals surface area contributed by atoms with E-state index in [1.165, 1.54) is 19.3 Å². The second-order valence-corrected chi connectivity index (χ2v) is 7.93. The fourth-order valence-corrected chi connectivity index (χ4v) is 4.03. The summed E-state index contributed by atoms with van der Waals surface area (Å²) in [6, 6.07) is -0.289. The maximum absolute atomic E-state index is 12.2. The van der Waals surface area contributed by atoms with Crippen LogP contribution in [0.2, 0.25) is 0 Å². The lowest BCUT2D eigenvalue weighted by atomic mass is 9.89. The molecule has 1 atom stereocenters. The van der Waals surface area contributed by atoms with Crippen LogP contribution in [-0.2, 0) is 11.2 Å². The van der Waals surface area contributed by atoms with Gasteiger partial charge in [0.15, 0.2) is 5.82 Å². The lowest BCUT2D eigenvalue weighted by molar-refractivity contribution is -0.121. The summed E-state index contributed by atoms with van der Waals surface area (Å²) in [5, 5.41) is 8.03. The van der Waals surface area contributed by atoms with Crippen molar-refractivity contribution in [2.24, 2.45) is 0 Å². The Kier molecular flexibility index (Phi) is 5.28. The van der Waals surface area contributed by atoms with Crippen molar-refractivity contribution in [1.82, 2.24) is 20.4 Å². The largest absolute Gasteiger partial charge is 0.344 e. The normalized spacial score (nSPS) is 17.0. The first-order valence-electron chi connectivity index (χ1n) is 8.58. The summed E-state index contributed by atoms with van der Waals surface area (Å²) < 4.78 is 5.37. The van der Waals surface area contributed by atoms with Crippen molar-refractivity contribution in [2.45, 2.75) is 71.3 Å². The zero-order valence-corrected chi connectivity index (χ0v) is 15.3. The van der Waals surface area contributed by atoms with E-state index in [0.29, 0.717) is 11.8 Å². The van der Waals surface area contributed by atoms with Gasteiger partial charge in [-0.15, -0.1) is 11.3 Å². The lowest BCUT2D eigenvalue weighted by Gasteiger charge is -2.17. The quantitative estimate of drug-likeness (QED) is 0.892. The van der Waals surface area contributed by atoms with Gasteiger partial charge in [-0.25, -0.2) is 4.98 Å². The average Bonchev–Trinajstić information content (AvgIpc) is 3.15. The third-order valence-electron chi connectivity index (χ3n) is 4.50. The smallest absolute Gasteiger partial charge is 0.248 e. The van der Waals surface area contributed by atoms with Crippen LogP contribution in [0.1, 0.15) is 78.3 Å². The van der Waals surface area contributed by atoms with Gasteiger partial charge < -0.3 is 9.84 Å². The first-order chi connectivity index (χ1) is 11.5. The molecule has 0 radical (unpaired) electrons. The van der Waals surface area contributed by atoms with E-state index in [-0.39, 0.29) is 18.4 Å². The third kappa shape index (κ3) is 4.01. The zero-order valence-electron chi connectivity index (χ0n) is 14.5. The Labute approximate surface area is 146 Å². The maximum atomic E-state index is 12.2. The summed E-state index contributed by atoms with van der Waals surface area (Å²) in [6.07, 6.45) is 6.29. The van der Waals surface area contributed by atoms with Crippen molar-refractivity contribution in [1.29, 1.82) is 0 Å². The minimum absolute atomic E-state index is 0.0756. The number of carbonyl (C=O) groups excluding carboxylic acids is 1. The highest BCUT2D eigenvalue weighted by atomic mass is 32.1. The molecule has 0 spiro atoms. The Hall–Kier alpha value is -1.76. The van der Waals surface area contributed by atoms with E-state index in [1.807, 2.05) is 20.8 Å². The Balaban J connectivity index is 1.58. The van der Waals surface area contributed by atoms with Crippen molar-refractivity contribution >= 4 is 17.2 Å². The molecule has 1 aliphatic carbocycles. The molecule has 0 bridgehead atoms. The van der Waals surface area contributed by atoms with E-state index < -0.39 is 0 Å². The van der Waals surface area contributed by atoms with Gasteiger partial charge >= 0.3 is 0 Å². The molecule has 0 aromatic carbocycles. The van der Waals surface area contributed by atoms with Gasteiger partial charge in [-0.05, 0) is 33.6 Å². The first kappa shape index (κ1) is 17.1. The van der Waals surface area contributed by atoms with Crippen molar-refractivity contribution < 1.29 is 9.32 Å². The van der Waals surface area contributed by atoms with E-state index in [4.69, 9.17) is 4.52 Å². The third-order valence-corrected chi connectivity index (χ3v) is 5.43. The summed E-state index contributed by atoms with van der Waals surface area (Å²) >= 11 is 1.61. The van der Waals surface area contributed by atoms with Crippen LogP contribution in [-0.4, -0.2) is 21.0 Å². The van der Waals surface area contributed by atoms with Crippen LogP contribution in [0, 0.1) is 13.8 Å². The van der Waals surface area contributed by atoms with E-state index in [2.05, 4.69) is 20.4 Å². The van der Waals surface area contributed by atoms with Crippen LogP contribution in [0.5, 0.6) is 0 Å². The number of nitrogens with one attached hydrogen (secondary N) is 1. The van der Waals surface area contributed by atoms with Crippen LogP contribution < -0.4 is 5.32 Å². The highest BCUT2D eigenvalue weighted by Gasteiger charge is 2.23. The number of aromatic nitrogens is 3. The molecule has 7 heteroatoms. The van der Waals surface area contributed by atoms with E-state index in [9.17, 15) is 4.79 Å². The maximum Gasteiger partial charge on any atom is 0.248 e. The molecule has 1 saturated carbocycles. The average molecular weight is 348 g/mol. The number of aryl methyl sites for hydroxylation is 2. The SMILES string of the molecule is Cc1nc(CC(=O)NC(C)c2nc(C3CCCCC3)no2)c(C)s1. The van der Waals surface area contributed by atoms with Crippen LogP contribution in [0.15, 0.2) is 4.52 Å². The van der Waals surface area contributed by atoms with Gasteiger partial charge in [0.05, 0.1) is 17.1 Å². The number of hydrogen-bond donors (Lipinski definition) is 1. The zero-order chi connectivity index (χ0) is 17.1. The van der Waals surface area contributed by atoms with Crippen LogP contribution in [0.4, 0.5) is 0 Å². The van der Waals surface area contributed by atoms with Crippen LogP contribution in [0.3, 0.4) is 0 Å². The molecule has 1 N–H and O–H groups in total. The molecule has 1 unspecified atom stereocenters. The van der Waals surface area contributed by atoms with Gasteiger partial charge in [0.1, 0.15) is 6.04 Å². The fraction of sp³-hybridized carbons (Fsp3) is 0.647. The lowest BCUT2D eigenvalue weighted by Crippen LogP contribution is -2.28. The van der Waals surface area contributed by atoms with E-state index >= 15 is 0 Å². The minimum atomic E-state index is -0.289. The molecule has 130 valence electrons. The monoisotopic (exact) mass is 348 g/mol. The van der Waals surface area contributed by atoms with Gasteiger partial charge in [0.2, 0.25) is 11.8 Å². The standard InChI is InChI=1S/C17H24N4O2S/c1-10(18-15(22)9-14-11(2)24-12(3)19-14)17-20-16(21-23-17)13-7-5-4-6-8-13/h10,13H,4-9H2,1-3H3,(H,18,22).